The molecule has 1 N–H and O–H groups in total. The number of benzene rings is 1. The Bertz CT molecular complexity index is 593. The van der Waals surface area contributed by atoms with Crippen LogP contribution < -0.4 is 10.1 Å². The van der Waals surface area contributed by atoms with Crippen molar-refractivity contribution < 1.29 is 13.5 Å². The SMILES string of the molecule is CCNc1nc(Oc2cccc(Cl)c2)c(F)cc1F. The summed E-state index contributed by atoms with van der Waals surface area (Å²) < 4.78 is 32.2. The van der Waals surface area contributed by atoms with Crippen molar-refractivity contribution in [2.75, 3.05) is 11.9 Å². The van der Waals surface area contributed by atoms with Gasteiger partial charge < -0.3 is 10.1 Å². The van der Waals surface area contributed by atoms with Crippen molar-refractivity contribution in [3.8, 4) is 11.6 Å². The summed E-state index contributed by atoms with van der Waals surface area (Å²) in [4.78, 5) is 3.76. The normalized spacial score (nSPS) is 10.3. The molecule has 100 valence electrons. The van der Waals surface area contributed by atoms with Crippen molar-refractivity contribution in [1.29, 1.82) is 0 Å². The average molecular weight is 285 g/mol. The first-order valence-corrected chi connectivity index (χ1v) is 6.01. The molecule has 0 aliphatic carbocycles. The van der Waals surface area contributed by atoms with Crippen LogP contribution in [0.15, 0.2) is 30.3 Å². The van der Waals surface area contributed by atoms with Gasteiger partial charge in [0.05, 0.1) is 0 Å². The van der Waals surface area contributed by atoms with Crippen molar-refractivity contribution >= 4 is 17.4 Å². The number of nitrogens with zero attached hydrogens (tertiary/aromatic N) is 1. The van der Waals surface area contributed by atoms with Gasteiger partial charge in [-0.3, -0.25) is 0 Å². The zero-order chi connectivity index (χ0) is 13.8. The van der Waals surface area contributed by atoms with Crippen molar-refractivity contribution in [3.05, 3.63) is 47.0 Å². The average Bonchev–Trinajstić information content (AvgIpc) is 2.35. The minimum atomic E-state index is -0.876. The highest BCUT2D eigenvalue weighted by molar-refractivity contribution is 6.30. The van der Waals surface area contributed by atoms with Gasteiger partial charge in [-0.05, 0) is 25.1 Å². The van der Waals surface area contributed by atoms with Crippen LogP contribution in [0.2, 0.25) is 5.02 Å². The van der Waals surface area contributed by atoms with E-state index in [9.17, 15) is 8.78 Å². The highest BCUT2D eigenvalue weighted by atomic mass is 35.5. The summed E-state index contributed by atoms with van der Waals surface area (Å²) in [7, 11) is 0. The van der Waals surface area contributed by atoms with E-state index >= 15 is 0 Å². The summed E-state index contributed by atoms with van der Waals surface area (Å²) in [5.74, 6) is -1.68. The fourth-order valence-electron chi connectivity index (χ4n) is 1.45. The van der Waals surface area contributed by atoms with Gasteiger partial charge in [-0.25, -0.2) is 8.78 Å². The molecule has 19 heavy (non-hydrogen) atoms. The maximum atomic E-state index is 13.6. The fourth-order valence-corrected chi connectivity index (χ4v) is 1.64. The molecule has 0 saturated carbocycles. The summed E-state index contributed by atoms with van der Waals surface area (Å²) in [5.41, 5.74) is 0. The number of halogens is 3. The van der Waals surface area contributed by atoms with E-state index in [2.05, 4.69) is 10.3 Å². The zero-order valence-corrected chi connectivity index (χ0v) is 10.8. The topological polar surface area (TPSA) is 34.2 Å². The second kappa shape index (κ2) is 5.84. The smallest absolute Gasteiger partial charge is 0.258 e. The molecule has 0 unspecified atom stereocenters. The maximum Gasteiger partial charge on any atom is 0.258 e. The van der Waals surface area contributed by atoms with Crippen molar-refractivity contribution in [2.24, 2.45) is 0 Å². The van der Waals surface area contributed by atoms with Gasteiger partial charge in [0.1, 0.15) is 5.75 Å². The van der Waals surface area contributed by atoms with Gasteiger partial charge >= 0.3 is 0 Å². The predicted molar refractivity (Wildman–Crippen MR) is 69.8 cm³/mol. The molecule has 1 aromatic heterocycles. The van der Waals surface area contributed by atoms with E-state index < -0.39 is 11.6 Å². The number of hydrogen-bond acceptors (Lipinski definition) is 3. The van der Waals surface area contributed by atoms with Crippen molar-refractivity contribution in [2.45, 2.75) is 6.92 Å². The summed E-state index contributed by atoms with van der Waals surface area (Å²) in [6.07, 6.45) is 0. The molecule has 0 aliphatic rings. The maximum absolute atomic E-state index is 13.6. The van der Waals surface area contributed by atoms with Crippen LogP contribution in [0.3, 0.4) is 0 Å². The lowest BCUT2D eigenvalue weighted by molar-refractivity contribution is 0.418. The monoisotopic (exact) mass is 284 g/mol. The van der Waals surface area contributed by atoms with E-state index in [1.54, 1.807) is 25.1 Å². The van der Waals surface area contributed by atoms with Crippen LogP contribution in [0.1, 0.15) is 6.92 Å². The third kappa shape index (κ3) is 3.32. The number of anilines is 1. The van der Waals surface area contributed by atoms with Crippen LogP contribution in [0.25, 0.3) is 0 Å². The molecular weight excluding hydrogens is 274 g/mol. The fraction of sp³-hybridized carbons (Fsp3) is 0.154. The van der Waals surface area contributed by atoms with E-state index in [4.69, 9.17) is 16.3 Å². The Morgan fingerprint density at radius 2 is 2.05 bits per heavy atom. The van der Waals surface area contributed by atoms with Crippen LogP contribution in [-0.2, 0) is 0 Å². The molecule has 0 bridgehead atoms. The summed E-state index contributed by atoms with van der Waals surface area (Å²) >= 11 is 5.79. The summed E-state index contributed by atoms with van der Waals surface area (Å²) in [6, 6.07) is 7.16. The Morgan fingerprint density at radius 3 is 2.74 bits per heavy atom. The molecule has 0 spiro atoms. The van der Waals surface area contributed by atoms with Gasteiger partial charge in [0, 0.05) is 17.6 Å². The van der Waals surface area contributed by atoms with Gasteiger partial charge in [-0.15, -0.1) is 0 Å². The van der Waals surface area contributed by atoms with Crippen LogP contribution in [-0.4, -0.2) is 11.5 Å². The van der Waals surface area contributed by atoms with Gasteiger partial charge in [0.25, 0.3) is 5.88 Å². The van der Waals surface area contributed by atoms with Crippen LogP contribution in [0.4, 0.5) is 14.6 Å². The van der Waals surface area contributed by atoms with Gasteiger partial charge in [-0.1, -0.05) is 17.7 Å². The lowest BCUT2D eigenvalue weighted by atomic mass is 10.3. The predicted octanol–water partition coefficient (Wildman–Crippen LogP) is 4.24. The second-order valence-corrected chi connectivity index (χ2v) is 4.13. The minimum absolute atomic E-state index is 0.0547. The summed E-state index contributed by atoms with van der Waals surface area (Å²) in [6.45, 7) is 2.24. The molecule has 0 radical (unpaired) electrons. The first-order valence-electron chi connectivity index (χ1n) is 5.63. The van der Waals surface area contributed by atoms with Gasteiger partial charge in [-0.2, -0.15) is 4.98 Å². The minimum Gasteiger partial charge on any atom is -0.436 e. The quantitative estimate of drug-likeness (QED) is 0.912. The largest absolute Gasteiger partial charge is 0.436 e. The number of nitrogens with one attached hydrogen (secondary N) is 1. The Morgan fingerprint density at radius 1 is 1.26 bits per heavy atom. The van der Waals surface area contributed by atoms with E-state index in [-0.39, 0.29) is 11.7 Å². The van der Waals surface area contributed by atoms with Crippen molar-refractivity contribution in [3.63, 3.8) is 0 Å². The van der Waals surface area contributed by atoms with E-state index in [0.29, 0.717) is 17.3 Å². The van der Waals surface area contributed by atoms with Crippen LogP contribution >= 0.6 is 11.6 Å². The van der Waals surface area contributed by atoms with Crippen molar-refractivity contribution in [1.82, 2.24) is 4.98 Å². The molecule has 0 saturated heterocycles. The first-order chi connectivity index (χ1) is 9.10. The Hall–Kier alpha value is -1.88. The lowest BCUT2D eigenvalue weighted by Gasteiger charge is -2.09. The Balaban J connectivity index is 2.31. The van der Waals surface area contributed by atoms with E-state index in [0.717, 1.165) is 6.07 Å². The molecule has 6 heteroatoms. The molecule has 1 heterocycles. The molecule has 3 nitrogen and oxygen atoms in total. The second-order valence-electron chi connectivity index (χ2n) is 3.70. The number of hydrogen-bond donors (Lipinski definition) is 1. The van der Waals surface area contributed by atoms with E-state index in [1.165, 1.54) is 6.07 Å². The Labute approximate surface area is 114 Å². The third-order valence-electron chi connectivity index (χ3n) is 2.25. The molecule has 1 aromatic carbocycles. The van der Waals surface area contributed by atoms with E-state index in [1.807, 2.05) is 0 Å². The standard InChI is InChI=1S/C13H11ClF2N2O/c1-2-17-12-10(15)7-11(16)13(18-12)19-9-5-3-4-8(14)6-9/h3-7H,2H2,1H3,(H,17,18). The number of pyridine rings is 1. The number of ether oxygens (including phenoxy) is 1. The molecule has 0 aliphatic heterocycles. The number of aromatic nitrogens is 1. The molecule has 2 rings (SSSR count). The van der Waals surface area contributed by atoms with Gasteiger partial charge in [0.15, 0.2) is 17.5 Å². The lowest BCUT2D eigenvalue weighted by Crippen LogP contribution is -2.04. The molecule has 2 aromatic rings. The first kappa shape index (κ1) is 13.5. The Kier molecular flexibility index (Phi) is 4.16. The highest BCUT2D eigenvalue weighted by Crippen LogP contribution is 2.27. The van der Waals surface area contributed by atoms with Crippen LogP contribution in [0, 0.1) is 11.6 Å². The summed E-state index contributed by atoms with van der Waals surface area (Å²) in [5, 5.41) is 3.13. The molecule has 0 amide bonds. The zero-order valence-electron chi connectivity index (χ0n) is 10.1. The third-order valence-corrected chi connectivity index (χ3v) is 2.49. The molecule has 0 atom stereocenters. The number of rotatable bonds is 4. The molecule has 0 fully saturated rings. The highest BCUT2D eigenvalue weighted by Gasteiger charge is 2.13. The van der Waals surface area contributed by atoms with Crippen LogP contribution in [0.5, 0.6) is 11.6 Å². The molecular formula is C13H11ClF2N2O. The van der Waals surface area contributed by atoms with Gasteiger partial charge in [0.2, 0.25) is 0 Å².